The molecular weight excluding hydrogens is 278 g/mol. The van der Waals surface area contributed by atoms with E-state index in [-0.39, 0.29) is 0 Å². The molecule has 0 bridgehead atoms. The first-order valence-corrected chi connectivity index (χ1v) is 6.04. The molecule has 2 nitrogen and oxygen atoms in total. The van der Waals surface area contributed by atoms with Crippen molar-refractivity contribution in [2.75, 3.05) is 0 Å². The lowest BCUT2D eigenvalue weighted by atomic mass is 10.0. The fourth-order valence-corrected chi connectivity index (χ4v) is 2.74. The van der Waals surface area contributed by atoms with Gasteiger partial charge in [0.2, 0.25) is 0 Å². The van der Waals surface area contributed by atoms with Gasteiger partial charge in [-0.05, 0) is 33.5 Å². The molecule has 0 radical (unpaired) electrons. The molecule has 3 aromatic carbocycles. The number of benzene rings is 3. The van der Waals surface area contributed by atoms with Gasteiger partial charge >= 0.3 is 0 Å². The van der Waals surface area contributed by atoms with Gasteiger partial charge in [-0.15, -0.1) is 4.91 Å². The van der Waals surface area contributed by atoms with Gasteiger partial charge in [-0.1, -0.05) is 52.3 Å². The van der Waals surface area contributed by atoms with Crippen LogP contribution in [0.15, 0.2) is 58.2 Å². The summed E-state index contributed by atoms with van der Waals surface area (Å²) in [7, 11) is 0. The molecule has 0 fully saturated rings. The van der Waals surface area contributed by atoms with Crippen molar-refractivity contribution in [2.24, 2.45) is 5.18 Å². The van der Waals surface area contributed by atoms with Crippen molar-refractivity contribution in [3.05, 3.63) is 57.9 Å². The summed E-state index contributed by atoms with van der Waals surface area (Å²) in [6.07, 6.45) is 0. The molecule has 17 heavy (non-hydrogen) atoms. The summed E-state index contributed by atoms with van der Waals surface area (Å²) in [6.45, 7) is 0. The summed E-state index contributed by atoms with van der Waals surface area (Å²) >= 11 is 3.48. The smallest absolute Gasteiger partial charge is 0.117 e. The van der Waals surface area contributed by atoms with Gasteiger partial charge in [-0.2, -0.15) is 0 Å². The van der Waals surface area contributed by atoms with E-state index in [9.17, 15) is 4.91 Å². The Kier molecular flexibility index (Phi) is 2.41. The maximum absolute atomic E-state index is 10.9. The van der Waals surface area contributed by atoms with Gasteiger partial charge in [0.05, 0.1) is 0 Å². The first kappa shape index (κ1) is 10.4. The molecular formula is C14H8BrNO. The molecule has 0 heterocycles. The summed E-state index contributed by atoms with van der Waals surface area (Å²) in [4.78, 5) is 10.9. The average Bonchev–Trinajstić information content (AvgIpc) is 2.38. The molecule has 0 amide bonds. The van der Waals surface area contributed by atoms with E-state index in [2.05, 4.69) is 27.2 Å². The summed E-state index contributed by atoms with van der Waals surface area (Å²) in [5.41, 5.74) is 0.478. The van der Waals surface area contributed by atoms with E-state index in [0.717, 1.165) is 26.0 Å². The second-order valence-corrected chi connectivity index (χ2v) is 4.72. The van der Waals surface area contributed by atoms with Crippen LogP contribution in [0.2, 0.25) is 0 Å². The molecule has 82 valence electrons. The van der Waals surface area contributed by atoms with Gasteiger partial charge in [0.15, 0.2) is 0 Å². The van der Waals surface area contributed by atoms with Crippen molar-refractivity contribution in [3.8, 4) is 0 Å². The Morgan fingerprint density at radius 3 is 2.53 bits per heavy atom. The molecule has 0 saturated heterocycles. The van der Waals surface area contributed by atoms with Crippen molar-refractivity contribution in [2.45, 2.75) is 0 Å². The average molecular weight is 286 g/mol. The zero-order valence-corrected chi connectivity index (χ0v) is 10.4. The Morgan fingerprint density at radius 2 is 1.71 bits per heavy atom. The fraction of sp³-hybridized carbons (Fsp3) is 0. The highest BCUT2D eigenvalue weighted by Crippen LogP contribution is 2.37. The highest BCUT2D eigenvalue weighted by Gasteiger charge is 2.09. The number of hydrogen-bond acceptors (Lipinski definition) is 2. The van der Waals surface area contributed by atoms with E-state index in [1.807, 2.05) is 42.5 Å². The lowest BCUT2D eigenvalue weighted by molar-refractivity contribution is 1.54. The van der Waals surface area contributed by atoms with Crippen LogP contribution in [0, 0.1) is 4.91 Å². The van der Waals surface area contributed by atoms with Crippen LogP contribution in [0.25, 0.3) is 21.5 Å². The minimum Gasteiger partial charge on any atom is -0.145 e. The van der Waals surface area contributed by atoms with Crippen LogP contribution < -0.4 is 0 Å². The van der Waals surface area contributed by atoms with Crippen LogP contribution in [0.1, 0.15) is 0 Å². The number of hydrogen-bond donors (Lipinski definition) is 0. The van der Waals surface area contributed by atoms with Crippen molar-refractivity contribution in [1.82, 2.24) is 0 Å². The maximum Gasteiger partial charge on any atom is 0.117 e. The molecule has 0 aliphatic rings. The predicted octanol–water partition coefficient (Wildman–Crippen LogP) is 5.15. The molecule has 0 unspecified atom stereocenters. The molecule has 0 aliphatic carbocycles. The summed E-state index contributed by atoms with van der Waals surface area (Å²) in [5.74, 6) is 0. The van der Waals surface area contributed by atoms with E-state index in [1.54, 1.807) is 0 Å². The van der Waals surface area contributed by atoms with Crippen molar-refractivity contribution >= 4 is 43.2 Å². The molecule has 0 aromatic heterocycles. The monoisotopic (exact) mass is 285 g/mol. The van der Waals surface area contributed by atoms with Crippen LogP contribution in [-0.2, 0) is 0 Å². The Morgan fingerprint density at radius 1 is 0.941 bits per heavy atom. The van der Waals surface area contributed by atoms with Crippen LogP contribution in [0.5, 0.6) is 0 Å². The number of nitroso groups, excluding NO2 is 1. The molecule has 3 aromatic rings. The number of rotatable bonds is 1. The van der Waals surface area contributed by atoms with E-state index >= 15 is 0 Å². The highest BCUT2D eigenvalue weighted by atomic mass is 79.9. The lowest BCUT2D eigenvalue weighted by Crippen LogP contribution is -1.80. The molecule has 3 rings (SSSR count). The zero-order valence-electron chi connectivity index (χ0n) is 8.85. The largest absolute Gasteiger partial charge is 0.145 e. The number of nitrogens with zero attached hydrogens (tertiary/aromatic N) is 1. The quantitative estimate of drug-likeness (QED) is 0.449. The van der Waals surface area contributed by atoms with Crippen molar-refractivity contribution in [1.29, 1.82) is 0 Å². The third kappa shape index (κ3) is 1.54. The van der Waals surface area contributed by atoms with Crippen LogP contribution >= 0.6 is 15.9 Å². The molecule has 0 spiro atoms. The van der Waals surface area contributed by atoms with Gasteiger partial charge in [0.1, 0.15) is 5.69 Å². The highest BCUT2D eigenvalue weighted by molar-refractivity contribution is 9.10. The third-order valence-electron chi connectivity index (χ3n) is 2.91. The van der Waals surface area contributed by atoms with Crippen LogP contribution in [0.4, 0.5) is 5.69 Å². The Balaban J connectivity index is 2.65. The third-order valence-corrected chi connectivity index (χ3v) is 3.57. The number of halogens is 1. The first-order valence-electron chi connectivity index (χ1n) is 5.24. The second-order valence-electron chi connectivity index (χ2n) is 3.87. The van der Waals surface area contributed by atoms with Gasteiger partial charge in [-0.25, -0.2) is 0 Å². The Labute approximate surface area is 106 Å². The lowest BCUT2D eigenvalue weighted by Gasteiger charge is -2.07. The minimum atomic E-state index is 0.478. The van der Waals surface area contributed by atoms with Gasteiger partial charge < -0.3 is 0 Å². The van der Waals surface area contributed by atoms with E-state index in [4.69, 9.17) is 0 Å². The molecule has 0 saturated carbocycles. The first-order chi connectivity index (χ1) is 8.31. The topological polar surface area (TPSA) is 29.4 Å². The number of fused-ring (bicyclic) bond motifs is 3. The standard InChI is InChI=1S/C14H8BrNO/c15-12-7-3-6-11-10-5-2-1-4-9(10)8-13(16-17)14(11)12/h1-8H. The van der Waals surface area contributed by atoms with Gasteiger partial charge in [-0.3, -0.25) is 0 Å². The Bertz CT molecular complexity index is 737. The second kappa shape index (κ2) is 3.93. The van der Waals surface area contributed by atoms with Gasteiger partial charge in [0.25, 0.3) is 0 Å². The SMILES string of the molecule is O=Nc1cc2ccccc2c2cccc(Br)c12. The predicted molar refractivity (Wildman–Crippen MR) is 74.6 cm³/mol. The van der Waals surface area contributed by atoms with Gasteiger partial charge in [0, 0.05) is 9.86 Å². The van der Waals surface area contributed by atoms with E-state index < -0.39 is 0 Å². The van der Waals surface area contributed by atoms with Crippen LogP contribution in [0.3, 0.4) is 0 Å². The molecule has 0 N–H and O–H groups in total. The van der Waals surface area contributed by atoms with E-state index in [0.29, 0.717) is 5.69 Å². The molecule has 0 aliphatic heterocycles. The minimum absolute atomic E-state index is 0.478. The van der Waals surface area contributed by atoms with Crippen molar-refractivity contribution < 1.29 is 0 Å². The summed E-state index contributed by atoms with van der Waals surface area (Å²) < 4.78 is 0.898. The summed E-state index contributed by atoms with van der Waals surface area (Å²) in [5, 5.41) is 7.22. The van der Waals surface area contributed by atoms with Crippen LogP contribution in [-0.4, -0.2) is 0 Å². The zero-order chi connectivity index (χ0) is 11.8. The maximum atomic E-state index is 10.9. The normalized spacial score (nSPS) is 10.9. The summed E-state index contributed by atoms with van der Waals surface area (Å²) in [6, 6.07) is 15.7. The van der Waals surface area contributed by atoms with E-state index in [1.165, 1.54) is 0 Å². The van der Waals surface area contributed by atoms with Crippen molar-refractivity contribution in [3.63, 3.8) is 0 Å². The molecule has 3 heteroatoms. The fourth-order valence-electron chi connectivity index (χ4n) is 2.17. The molecule has 0 atom stereocenters. The Hall–Kier alpha value is -1.74.